The lowest BCUT2D eigenvalue weighted by Gasteiger charge is -2.06. The third-order valence-corrected chi connectivity index (χ3v) is 2.38. The fourth-order valence-electron chi connectivity index (χ4n) is 1.31. The zero-order valence-corrected chi connectivity index (χ0v) is 10.2. The summed E-state index contributed by atoms with van der Waals surface area (Å²) in [7, 11) is 0. The van der Waals surface area contributed by atoms with Gasteiger partial charge >= 0.3 is 6.09 Å². The quantitative estimate of drug-likeness (QED) is 0.765. The van der Waals surface area contributed by atoms with Gasteiger partial charge in [-0.05, 0) is 17.5 Å². The van der Waals surface area contributed by atoms with Gasteiger partial charge in [-0.1, -0.05) is 50.3 Å². The van der Waals surface area contributed by atoms with Gasteiger partial charge in [0.1, 0.15) is 0 Å². The zero-order chi connectivity index (χ0) is 12.5. The van der Waals surface area contributed by atoms with E-state index in [0.29, 0.717) is 13.2 Å². The number of rotatable bonds is 6. The highest BCUT2D eigenvalue weighted by molar-refractivity contribution is 5.67. The molecular formula is C14H19NO2. The van der Waals surface area contributed by atoms with Crippen LogP contribution in [-0.4, -0.2) is 12.7 Å². The molecule has 3 heteroatoms. The monoisotopic (exact) mass is 233 g/mol. The van der Waals surface area contributed by atoms with Crippen LogP contribution in [0.25, 0.3) is 6.08 Å². The van der Waals surface area contributed by atoms with E-state index >= 15 is 0 Å². The molecule has 17 heavy (non-hydrogen) atoms. The average molecular weight is 233 g/mol. The van der Waals surface area contributed by atoms with Crippen LogP contribution in [0.4, 0.5) is 4.79 Å². The molecule has 0 aliphatic heterocycles. The van der Waals surface area contributed by atoms with Crippen LogP contribution in [-0.2, 0) is 11.3 Å². The first-order chi connectivity index (χ1) is 8.26. The predicted octanol–water partition coefficient (Wildman–Crippen LogP) is 3.36. The van der Waals surface area contributed by atoms with Gasteiger partial charge in [-0.2, -0.15) is 0 Å². The highest BCUT2D eigenvalue weighted by Gasteiger charge is 2.00. The van der Waals surface area contributed by atoms with Crippen molar-refractivity contribution in [2.45, 2.75) is 26.3 Å². The predicted molar refractivity (Wildman–Crippen MR) is 69.6 cm³/mol. The van der Waals surface area contributed by atoms with Gasteiger partial charge < -0.3 is 10.1 Å². The summed E-state index contributed by atoms with van der Waals surface area (Å²) in [4.78, 5) is 11.3. The molecule has 92 valence electrons. The number of unbranched alkanes of at least 4 members (excludes halogenated alkanes) is 1. The lowest BCUT2D eigenvalue weighted by Crippen LogP contribution is -2.24. The molecule has 1 amide bonds. The van der Waals surface area contributed by atoms with Crippen LogP contribution in [0.5, 0.6) is 0 Å². The first-order valence-electron chi connectivity index (χ1n) is 5.88. The summed E-state index contributed by atoms with van der Waals surface area (Å²) in [5.41, 5.74) is 2.11. The van der Waals surface area contributed by atoms with E-state index in [-0.39, 0.29) is 6.09 Å². The zero-order valence-electron chi connectivity index (χ0n) is 10.2. The van der Waals surface area contributed by atoms with E-state index in [9.17, 15) is 4.79 Å². The molecule has 0 spiro atoms. The molecule has 0 aliphatic rings. The lowest BCUT2D eigenvalue weighted by atomic mass is 10.1. The van der Waals surface area contributed by atoms with Crippen LogP contribution in [0.1, 0.15) is 30.9 Å². The number of hydrogen-bond acceptors (Lipinski definition) is 2. The van der Waals surface area contributed by atoms with E-state index in [1.54, 1.807) is 6.08 Å². The van der Waals surface area contributed by atoms with Crippen molar-refractivity contribution in [1.82, 2.24) is 5.32 Å². The van der Waals surface area contributed by atoms with E-state index in [4.69, 9.17) is 4.74 Å². The van der Waals surface area contributed by atoms with Gasteiger partial charge in [0.2, 0.25) is 0 Å². The fraction of sp³-hybridized carbons (Fsp3) is 0.357. The standard InChI is InChI=1S/C14H19NO2/c1-3-5-10-17-14(16)15-11-13-8-6-12(4-2)7-9-13/h4,6-9H,2-3,5,10-11H2,1H3,(H,15,16). The smallest absolute Gasteiger partial charge is 0.407 e. The Hall–Kier alpha value is -1.77. The highest BCUT2D eigenvalue weighted by Crippen LogP contribution is 2.05. The van der Waals surface area contributed by atoms with Crippen molar-refractivity contribution in [3.63, 3.8) is 0 Å². The van der Waals surface area contributed by atoms with Crippen LogP contribution >= 0.6 is 0 Å². The highest BCUT2D eigenvalue weighted by atomic mass is 16.5. The second-order valence-corrected chi connectivity index (χ2v) is 3.79. The number of carbonyl (C=O) groups is 1. The number of alkyl carbamates (subject to hydrolysis) is 1. The van der Waals surface area contributed by atoms with Crippen LogP contribution < -0.4 is 5.32 Å². The van der Waals surface area contributed by atoms with Crippen LogP contribution in [0.3, 0.4) is 0 Å². The summed E-state index contributed by atoms with van der Waals surface area (Å²) in [6, 6.07) is 7.85. The van der Waals surface area contributed by atoms with Crippen molar-refractivity contribution in [3.05, 3.63) is 42.0 Å². The molecule has 1 aromatic carbocycles. The summed E-state index contributed by atoms with van der Waals surface area (Å²) in [6.45, 7) is 6.72. The first kappa shape index (κ1) is 13.3. The minimum atomic E-state index is -0.355. The van der Waals surface area contributed by atoms with Gasteiger partial charge in [0.05, 0.1) is 6.61 Å². The molecule has 0 fully saturated rings. The SMILES string of the molecule is C=Cc1ccc(CNC(=O)OCCCC)cc1. The fourth-order valence-corrected chi connectivity index (χ4v) is 1.31. The molecule has 3 nitrogen and oxygen atoms in total. The van der Waals surface area contributed by atoms with Gasteiger partial charge in [0.15, 0.2) is 0 Å². The maximum Gasteiger partial charge on any atom is 0.407 e. The van der Waals surface area contributed by atoms with Crippen molar-refractivity contribution in [1.29, 1.82) is 0 Å². The molecule has 0 saturated carbocycles. The van der Waals surface area contributed by atoms with Gasteiger partial charge in [-0.3, -0.25) is 0 Å². The Balaban J connectivity index is 2.29. The Kier molecular flexibility index (Phi) is 5.86. The van der Waals surface area contributed by atoms with E-state index in [0.717, 1.165) is 24.0 Å². The Morgan fingerprint density at radius 3 is 2.71 bits per heavy atom. The molecule has 0 radical (unpaired) electrons. The number of carbonyl (C=O) groups excluding carboxylic acids is 1. The molecule has 0 bridgehead atoms. The Labute approximate surface area is 102 Å². The molecule has 0 saturated heterocycles. The number of amides is 1. The number of hydrogen-bond donors (Lipinski definition) is 1. The number of nitrogens with one attached hydrogen (secondary N) is 1. The van der Waals surface area contributed by atoms with Gasteiger partial charge in [0.25, 0.3) is 0 Å². The van der Waals surface area contributed by atoms with E-state index in [1.807, 2.05) is 24.3 Å². The molecule has 1 aromatic rings. The Bertz CT molecular complexity index is 357. The van der Waals surface area contributed by atoms with Crippen molar-refractivity contribution in [2.24, 2.45) is 0 Å². The van der Waals surface area contributed by atoms with Crippen LogP contribution in [0, 0.1) is 0 Å². The molecule has 0 aromatic heterocycles. The summed E-state index contributed by atoms with van der Waals surface area (Å²) >= 11 is 0. The average Bonchev–Trinajstić information content (AvgIpc) is 2.37. The van der Waals surface area contributed by atoms with Gasteiger partial charge in [-0.25, -0.2) is 4.79 Å². The van der Waals surface area contributed by atoms with Gasteiger partial charge in [-0.15, -0.1) is 0 Å². The lowest BCUT2D eigenvalue weighted by molar-refractivity contribution is 0.144. The topological polar surface area (TPSA) is 38.3 Å². The third-order valence-electron chi connectivity index (χ3n) is 2.38. The molecule has 0 atom stereocenters. The van der Waals surface area contributed by atoms with Crippen molar-refractivity contribution < 1.29 is 9.53 Å². The third kappa shape index (κ3) is 5.20. The first-order valence-corrected chi connectivity index (χ1v) is 5.88. The Morgan fingerprint density at radius 2 is 2.12 bits per heavy atom. The minimum absolute atomic E-state index is 0.355. The molecule has 0 heterocycles. The van der Waals surface area contributed by atoms with E-state index in [2.05, 4.69) is 18.8 Å². The van der Waals surface area contributed by atoms with E-state index in [1.165, 1.54) is 0 Å². The van der Waals surface area contributed by atoms with Crippen LogP contribution in [0.2, 0.25) is 0 Å². The van der Waals surface area contributed by atoms with Crippen molar-refractivity contribution in [2.75, 3.05) is 6.61 Å². The van der Waals surface area contributed by atoms with Crippen molar-refractivity contribution in [3.8, 4) is 0 Å². The van der Waals surface area contributed by atoms with Crippen LogP contribution in [0.15, 0.2) is 30.8 Å². The second kappa shape index (κ2) is 7.49. The molecule has 0 aliphatic carbocycles. The molecule has 1 rings (SSSR count). The summed E-state index contributed by atoms with van der Waals surface area (Å²) in [6.07, 6.45) is 3.36. The normalized spacial score (nSPS) is 9.71. The van der Waals surface area contributed by atoms with E-state index < -0.39 is 0 Å². The summed E-state index contributed by atoms with van der Waals surface area (Å²) < 4.78 is 4.98. The maximum absolute atomic E-state index is 11.3. The number of benzene rings is 1. The molecule has 1 N–H and O–H groups in total. The molecular weight excluding hydrogens is 214 g/mol. The summed E-state index contributed by atoms with van der Waals surface area (Å²) in [5, 5.41) is 2.71. The molecule has 0 unspecified atom stereocenters. The Morgan fingerprint density at radius 1 is 1.41 bits per heavy atom. The van der Waals surface area contributed by atoms with Gasteiger partial charge in [0, 0.05) is 6.54 Å². The van der Waals surface area contributed by atoms with Crippen molar-refractivity contribution >= 4 is 12.2 Å². The summed E-state index contributed by atoms with van der Waals surface area (Å²) in [5.74, 6) is 0. The largest absolute Gasteiger partial charge is 0.450 e. The maximum atomic E-state index is 11.3. The number of ether oxygens (including phenoxy) is 1. The second-order valence-electron chi connectivity index (χ2n) is 3.79. The minimum Gasteiger partial charge on any atom is -0.450 e.